The van der Waals surface area contributed by atoms with Crippen molar-refractivity contribution in [3.63, 3.8) is 0 Å². The average Bonchev–Trinajstić information content (AvgIpc) is 2.38. The highest BCUT2D eigenvalue weighted by atomic mass is 32.2. The van der Waals surface area contributed by atoms with Crippen LogP contribution in [-0.2, 0) is 10.8 Å². The maximum atomic E-state index is 11.1. The Morgan fingerprint density at radius 2 is 2.36 bits per heavy atom. The van der Waals surface area contributed by atoms with Crippen LogP contribution in [0, 0.1) is 6.92 Å². The molecule has 0 amide bonds. The molecule has 2 rings (SSSR count). The van der Waals surface area contributed by atoms with Crippen LogP contribution in [0.1, 0.15) is 10.6 Å². The molecule has 0 saturated carbocycles. The Morgan fingerprint density at radius 1 is 1.64 bits per heavy atom. The van der Waals surface area contributed by atoms with Crippen molar-refractivity contribution >= 4 is 16.7 Å². The van der Waals surface area contributed by atoms with Gasteiger partial charge in [0.25, 0.3) is 5.91 Å². The van der Waals surface area contributed by atoms with Crippen LogP contribution in [0.3, 0.4) is 0 Å². The van der Waals surface area contributed by atoms with E-state index in [0.29, 0.717) is 5.82 Å². The van der Waals surface area contributed by atoms with Gasteiger partial charge in [-0.1, -0.05) is 0 Å². The molecule has 11 heavy (non-hydrogen) atoms. The smallest absolute Gasteiger partial charge is 0.262 e. The summed E-state index contributed by atoms with van der Waals surface area (Å²) in [6, 6.07) is 0. The van der Waals surface area contributed by atoms with E-state index in [2.05, 4.69) is 10.1 Å². The Bertz CT molecular complexity index is 325. The minimum atomic E-state index is -1.27. The molecule has 0 spiro atoms. The second-order valence-corrected chi connectivity index (χ2v) is 3.58. The van der Waals surface area contributed by atoms with Gasteiger partial charge in [0.15, 0.2) is 0 Å². The monoisotopic (exact) mass is 171 g/mol. The highest BCUT2D eigenvalue weighted by molar-refractivity contribution is 7.86. The molecule has 2 heterocycles. The molecule has 1 aromatic rings. The van der Waals surface area contributed by atoms with Crippen molar-refractivity contribution in [2.24, 2.45) is 0 Å². The minimum Gasteiger partial charge on any atom is -0.271 e. The van der Waals surface area contributed by atoms with E-state index < -0.39 is 10.8 Å². The van der Waals surface area contributed by atoms with Crippen LogP contribution in [0.4, 0.5) is 0 Å². The van der Waals surface area contributed by atoms with Crippen molar-refractivity contribution in [3.05, 3.63) is 5.82 Å². The SMILES string of the molecule is Cc1nc2n(n1)C(=O)CS2=O. The lowest BCUT2D eigenvalue weighted by molar-refractivity contribution is 0.0923. The Morgan fingerprint density at radius 3 is 3.00 bits per heavy atom. The van der Waals surface area contributed by atoms with Gasteiger partial charge in [0.2, 0.25) is 5.16 Å². The zero-order valence-electron chi connectivity index (χ0n) is 5.77. The Balaban J connectivity index is 2.67. The predicted molar refractivity (Wildman–Crippen MR) is 36.7 cm³/mol. The maximum Gasteiger partial charge on any atom is 0.262 e. The molecule has 0 radical (unpaired) electrons. The van der Waals surface area contributed by atoms with E-state index in [4.69, 9.17) is 0 Å². The number of rotatable bonds is 0. The molecular weight excluding hydrogens is 166 g/mol. The molecule has 1 aliphatic heterocycles. The lowest BCUT2D eigenvalue weighted by Gasteiger charge is -1.83. The molecule has 1 aromatic heterocycles. The lowest BCUT2D eigenvalue weighted by atomic mass is 10.7. The van der Waals surface area contributed by atoms with Crippen LogP contribution in [0.2, 0.25) is 0 Å². The first kappa shape index (κ1) is 6.66. The molecule has 0 saturated heterocycles. The molecule has 58 valence electrons. The molecule has 1 unspecified atom stereocenters. The van der Waals surface area contributed by atoms with Gasteiger partial charge in [0, 0.05) is 0 Å². The van der Waals surface area contributed by atoms with Crippen molar-refractivity contribution < 1.29 is 9.00 Å². The van der Waals surface area contributed by atoms with Crippen LogP contribution in [0.5, 0.6) is 0 Å². The zero-order valence-corrected chi connectivity index (χ0v) is 6.59. The summed E-state index contributed by atoms with van der Waals surface area (Å²) in [5.41, 5.74) is 0. The van der Waals surface area contributed by atoms with Crippen LogP contribution in [0.25, 0.3) is 0 Å². The summed E-state index contributed by atoms with van der Waals surface area (Å²) in [5.74, 6) is 0.274. The van der Waals surface area contributed by atoms with E-state index in [9.17, 15) is 9.00 Å². The fourth-order valence-electron chi connectivity index (χ4n) is 0.943. The topological polar surface area (TPSA) is 64.8 Å². The van der Waals surface area contributed by atoms with E-state index in [1.54, 1.807) is 6.92 Å². The second-order valence-electron chi connectivity index (χ2n) is 2.24. The summed E-state index contributed by atoms with van der Waals surface area (Å²) in [4.78, 5) is 14.8. The Hall–Kier alpha value is -1.04. The van der Waals surface area contributed by atoms with Crippen molar-refractivity contribution in [2.75, 3.05) is 5.75 Å². The van der Waals surface area contributed by atoms with Crippen LogP contribution in [-0.4, -0.2) is 30.6 Å². The summed E-state index contributed by atoms with van der Waals surface area (Å²) in [6.07, 6.45) is 0. The standard InChI is InChI=1S/C5H5N3O2S/c1-3-6-5-8(7-3)4(9)2-11(5)10/h2H2,1H3. The summed E-state index contributed by atoms with van der Waals surface area (Å²) < 4.78 is 12.2. The number of nitrogens with zero attached hydrogens (tertiary/aromatic N) is 3. The molecule has 1 aliphatic rings. The summed E-state index contributed by atoms with van der Waals surface area (Å²) in [7, 11) is -1.27. The van der Waals surface area contributed by atoms with E-state index in [1.807, 2.05) is 0 Å². The Labute approximate surface area is 64.9 Å². The van der Waals surface area contributed by atoms with E-state index in [1.165, 1.54) is 0 Å². The van der Waals surface area contributed by atoms with Crippen molar-refractivity contribution in [1.82, 2.24) is 14.8 Å². The predicted octanol–water partition coefficient (Wildman–Crippen LogP) is -0.652. The largest absolute Gasteiger partial charge is 0.271 e. The first-order valence-electron chi connectivity index (χ1n) is 3.04. The maximum absolute atomic E-state index is 11.1. The van der Waals surface area contributed by atoms with Gasteiger partial charge in [-0.05, 0) is 6.92 Å². The van der Waals surface area contributed by atoms with E-state index in [-0.39, 0.29) is 16.8 Å². The normalized spacial score (nSPS) is 22.3. The highest BCUT2D eigenvalue weighted by Crippen LogP contribution is 2.11. The molecule has 0 aromatic carbocycles. The fourth-order valence-corrected chi connectivity index (χ4v) is 1.99. The van der Waals surface area contributed by atoms with Crippen molar-refractivity contribution in [2.45, 2.75) is 12.1 Å². The molecule has 0 bridgehead atoms. The second kappa shape index (κ2) is 1.97. The van der Waals surface area contributed by atoms with Gasteiger partial charge in [0.1, 0.15) is 22.4 Å². The van der Waals surface area contributed by atoms with E-state index in [0.717, 1.165) is 4.68 Å². The number of hydrogen-bond acceptors (Lipinski definition) is 4. The van der Waals surface area contributed by atoms with Crippen LogP contribution >= 0.6 is 0 Å². The van der Waals surface area contributed by atoms with E-state index >= 15 is 0 Å². The zero-order chi connectivity index (χ0) is 8.01. The van der Waals surface area contributed by atoms with Gasteiger partial charge in [-0.25, -0.2) is 4.98 Å². The van der Waals surface area contributed by atoms with Gasteiger partial charge < -0.3 is 0 Å². The number of aromatic nitrogens is 3. The fraction of sp³-hybridized carbons (Fsp3) is 0.400. The lowest BCUT2D eigenvalue weighted by Crippen LogP contribution is -2.09. The number of carbonyl (C=O) groups is 1. The van der Waals surface area contributed by atoms with Crippen LogP contribution < -0.4 is 0 Å². The summed E-state index contributed by atoms with van der Waals surface area (Å²) in [6.45, 7) is 1.66. The first-order chi connectivity index (χ1) is 5.18. The third-order valence-electron chi connectivity index (χ3n) is 1.38. The number of carbonyl (C=O) groups excluding carboxylic acids is 1. The minimum absolute atomic E-state index is 0.0234. The van der Waals surface area contributed by atoms with Gasteiger partial charge in [0.05, 0.1) is 0 Å². The molecule has 5 nitrogen and oxygen atoms in total. The van der Waals surface area contributed by atoms with Crippen molar-refractivity contribution in [3.8, 4) is 0 Å². The molecule has 0 aliphatic carbocycles. The summed E-state index contributed by atoms with van der Waals surface area (Å²) >= 11 is 0. The van der Waals surface area contributed by atoms with Gasteiger partial charge in [-0.3, -0.25) is 9.00 Å². The van der Waals surface area contributed by atoms with Crippen LogP contribution in [0.15, 0.2) is 5.16 Å². The Kier molecular flexibility index (Phi) is 1.19. The first-order valence-corrected chi connectivity index (χ1v) is 4.35. The van der Waals surface area contributed by atoms with Gasteiger partial charge in [-0.2, -0.15) is 4.68 Å². The molecule has 1 atom stereocenters. The van der Waals surface area contributed by atoms with Gasteiger partial charge in [-0.15, -0.1) is 5.10 Å². The van der Waals surface area contributed by atoms with Crippen molar-refractivity contribution in [1.29, 1.82) is 0 Å². The number of fused-ring (bicyclic) bond motifs is 1. The number of aryl methyl sites for hydroxylation is 1. The molecule has 0 N–H and O–H groups in total. The molecule has 6 heteroatoms. The third kappa shape index (κ3) is 0.823. The quantitative estimate of drug-likeness (QED) is 0.520. The summed E-state index contributed by atoms with van der Waals surface area (Å²) in [5, 5.41) is 4.07. The van der Waals surface area contributed by atoms with Gasteiger partial charge >= 0.3 is 0 Å². The number of hydrogen-bond donors (Lipinski definition) is 0. The molecular formula is C5H5N3O2S. The molecule has 0 fully saturated rings. The highest BCUT2D eigenvalue weighted by Gasteiger charge is 2.28. The average molecular weight is 171 g/mol. The third-order valence-corrected chi connectivity index (χ3v) is 2.56.